The van der Waals surface area contributed by atoms with Gasteiger partial charge < -0.3 is 38.3 Å². The maximum atomic E-state index is 9.83. The molecule has 0 saturated carbocycles. The highest BCUT2D eigenvalue weighted by atomic mass is 16.6. The first-order valence-corrected chi connectivity index (χ1v) is 20.7. The molecule has 11 heteroatoms. The summed E-state index contributed by atoms with van der Waals surface area (Å²) < 4.78 is 43.6. The van der Waals surface area contributed by atoms with Crippen LogP contribution in [-0.4, -0.2) is 72.7 Å². The summed E-state index contributed by atoms with van der Waals surface area (Å²) >= 11 is 0. The predicted molar refractivity (Wildman–Crippen MR) is 229 cm³/mol. The molecule has 7 rings (SSSR count). The summed E-state index contributed by atoms with van der Waals surface area (Å²) in [6.07, 6.45) is -3.01. The van der Waals surface area contributed by atoms with E-state index in [2.05, 4.69) is 60.3 Å². The number of hydrogen-bond acceptors (Lipinski definition) is 9. The van der Waals surface area contributed by atoms with Crippen LogP contribution < -0.4 is 0 Å². The van der Waals surface area contributed by atoms with Crippen LogP contribution in [0.4, 0.5) is 0 Å². The van der Waals surface area contributed by atoms with Crippen LogP contribution in [-0.2, 0) is 66.2 Å². The van der Waals surface area contributed by atoms with Gasteiger partial charge in [0.2, 0.25) is 0 Å². The van der Waals surface area contributed by atoms with Crippen molar-refractivity contribution in [3.63, 3.8) is 0 Å². The van der Waals surface area contributed by atoms with E-state index in [1.54, 1.807) is 0 Å². The second-order valence-electron chi connectivity index (χ2n) is 15.1. The lowest BCUT2D eigenvalue weighted by Gasteiger charge is -2.44. The van der Waals surface area contributed by atoms with Gasteiger partial charge >= 0.3 is 0 Å². The highest BCUT2D eigenvalue weighted by Gasteiger charge is 2.46. The van der Waals surface area contributed by atoms with Crippen molar-refractivity contribution < 1.29 is 38.3 Å². The average molecular weight is 816 g/mol. The number of aliphatic hydroxyl groups is 1. The van der Waals surface area contributed by atoms with Gasteiger partial charge in [-0.15, -0.1) is 0 Å². The van der Waals surface area contributed by atoms with E-state index in [-0.39, 0.29) is 37.1 Å². The first kappa shape index (κ1) is 44.6. The standard InChI is InChI=1S/C28H32O4.C21H25N3O4/c1-21-26(29-18-23-12-6-3-7-13-23)28(31-20-25-16-10-5-11-17-25)27(22(2)32-21)30-19-24-14-8-4-9-15-24;1-15-19(23-24-22)21(27-14-17-10-6-3-7-11-17)20(18(12-25)28-15)26-13-16-8-4-2-5-9-16/h3-17,21-22,26-28H,18-20H2,1-2H3;2-11,15,18-21,25H,12-14H2,1H3/t21-,22+,26-,27-,28?;15-,18-,19+,20-,21-/m11/s1. The van der Waals surface area contributed by atoms with Crippen molar-refractivity contribution in [3.8, 4) is 0 Å². The molecule has 5 aromatic rings. The summed E-state index contributed by atoms with van der Waals surface area (Å²) in [4.78, 5) is 2.97. The molecule has 10 atom stereocenters. The maximum absolute atomic E-state index is 9.83. The monoisotopic (exact) mass is 815 g/mol. The van der Waals surface area contributed by atoms with E-state index in [1.165, 1.54) is 0 Å². The molecule has 2 saturated heterocycles. The molecule has 5 aromatic carbocycles. The normalized spacial score (nSPS) is 26.3. The Bertz CT molecular complexity index is 1920. The molecule has 0 aromatic heterocycles. The fourth-order valence-electron chi connectivity index (χ4n) is 7.57. The minimum Gasteiger partial charge on any atom is -0.394 e. The number of hydrogen-bond donors (Lipinski definition) is 1. The van der Waals surface area contributed by atoms with Gasteiger partial charge in [0.1, 0.15) is 30.5 Å². The Balaban J connectivity index is 0.000000203. The molecule has 2 fully saturated rings. The lowest BCUT2D eigenvalue weighted by atomic mass is 9.93. The Morgan fingerprint density at radius 3 is 1.10 bits per heavy atom. The number of rotatable bonds is 17. The first-order chi connectivity index (χ1) is 29.4. The maximum Gasteiger partial charge on any atom is 0.115 e. The molecule has 0 bridgehead atoms. The first-order valence-electron chi connectivity index (χ1n) is 20.7. The number of aliphatic hydroxyl groups excluding tert-OH is 1. The molecule has 2 aliphatic heterocycles. The molecule has 0 amide bonds. The van der Waals surface area contributed by atoms with Crippen LogP contribution in [0.5, 0.6) is 0 Å². The Morgan fingerprint density at radius 1 is 0.450 bits per heavy atom. The Kier molecular flexibility index (Phi) is 17.7. The van der Waals surface area contributed by atoms with Crippen molar-refractivity contribution in [2.75, 3.05) is 6.61 Å². The van der Waals surface area contributed by atoms with Crippen LogP contribution in [0.2, 0.25) is 0 Å². The van der Waals surface area contributed by atoms with Crippen molar-refractivity contribution in [2.24, 2.45) is 5.11 Å². The van der Waals surface area contributed by atoms with E-state index < -0.39 is 30.5 Å². The number of azide groups is 1. The van der Waals surface area contributed by atoms with Gasteiger partial charge in [0.05, 0.1) is 70.1 Å². The van der Waals surface area contributed by atoms with Crippen LogP contribution in [0.1, 0.15) is 48.6 Å². The van der Waals surface area contributed by atoms with Crippen LogP contribution in [0.15, 0.2) is 157 Å². The van der Waals surface area contributed by atoms with Crippen molar-refractivity contribution in [1.82, 2.24) is 0 Å². The molecule has 1 unspecified atom stereocenters. The SMILES string of the molecule is C[C@@H]1O[C@H](C)[C@@H](OCc2ccccc2)C(OCc2ccccc2)[C@@H]1OCc1ccccc1.C[C@H]1O[C@H](CO)[C@@H](OCc2ccccc2)[C@H](OCc2ccccc2)[C@H]1N=[N+]=[N-]. The minimum atomic E-state index is -0.569. The molecule has 0 radical (unpaired) electrons. The molecule has 1 N–H and O–H groups in total. The summed E-state index contributed by atoms with van der Waals surface area (Å²) in [5, 5.41) is 13.7. The van der Waals surface area contributed by atoms with E-state index in [0.717, 1.165) is 27.8 Å². The van der Waals surface area contributed by atoms with Gasteiger partial charge in [-0.1, -0.05) is 157 Å². The van der Waals surface area contributed by atoms with Gasteiger partial charge in [-0.3, -0.25) is 0 Å². The molecule has 60 heavy (non-hydrogen) atoms. The van der Waals surface area contributed by atoms with Crippen molar-refractivity contribution in [2.45, 2.75) is 115 Å². The van der Waals surface area contributed by atoms with Crippen LogP contribution in [0.25, 0.3) is 10.4 Å². The number of ether oxygens (including phenoxy) is 7. The fourth-order valence-corrected chi connectivity index (χ4v) is 7.57. The molecular weight excluding hydrogens is 759 g/mol. The molecule has 316 valence electrons. The third-order valence-corrected chi connectivity index (χ3v) is 10.7. The van der Waals surface area contributed by atoms with Gasteiger partial charge in [0.25, 0.3) is 0 Å². The topological polar surface area (TPSA) is 134 Å². The molecule has 0 spiro atoms. The highest BCUT2D eigenvalue weighted by molar-refractivity contribution is 5.17. The van der Waals surface area contributed by atoms with E-state index in [9.17, 15) is 5.11 Å². The van der Waals surface area contributed by atoms with Crippen LogP contribution >= 0.6 is 0 Å². The van der Waals surface area contributed by atoms with E-state index in [1.807, 2.05) is 122 Å². The summed E-state index contributed by atoms with van der Waals surface area (Å²) in [6, 6.07) is 49.6. The minimum absolute atomic E-state index is 0.105. The van der Waals surface area contributed by atoms with Crippen LogP contribution in [0.3, 0.4) is 0 Å². The summed E-state index contributed by atoms with van der Waals surface area (Å²) in [5.41, 5.74) is 14.4. The highest BCUT2D eigenvalue weighted by Crippen LogP contribution is 2.31. The molecule has 2 aliphatic rings. The Labute approximate surface area is 353 Å². The van der Waals surface area contributed by atoms with Gasteiger partial charge in [-0.2, -0.15) is 0 Å². The molecule has 0 aliphatic carbocycles. The fraction of sp³-hybridized carbons (Fsp3) is 0.388. The predicted octanol–water partition coefficient (Wildman–Crippen LogP) is 9.17. The number of nitrogens with zero attached hydrogens (tertiary/aromatic N) is 3. The van der Waals surface area contributed by atoms with E-state index in [4.69, 9.17) is 38.7 Å². The van der Waals surface area contributed by atoms with Gasteiger partial charge in [0, 0.05) is 4.91 Å². The van der Waals surface area contributed by atoms with E-state index >= 15 is 0 Å². The second-order valence-corrected chi connectivity index (χ2v) is 15.1. The lowest BCUT2D eigenvalue weighted by Crippen LogP contribution is -2.58. The molecule has 11 nitrogen and oxygen atoms in total. The zero-order chi connectivity index (χ0) is 41.9. The second kappa shape index (κ2) is 23.8. The van der Waals surface area contributed by atoms with Crippen molar-refractivity contribution in [1.29, 1.82) is 0 Å². The van der Waals surface area contributed by atoms with E-state index in [0.29, 0.717) is 33.0 Å². The lowest BCUT2D eigenvalue weighted by molar-refractivity contribution is -0.257. The average Bonchev–Trinajstić information content (AvgIpc) is 3.29. The van der Waals surface area contributed by atoms with Crippen molar-refractivity contribution >= 4 is 0 Å². The molecular formula is C49H57N3O8. The molecule has 2 heterocycles. The van der Waals surface area contributed by atoms with Crippen LogP contribution in [0, 0.1) is 0 Å². The van der Waals surface area contributed by atoms with Gasteiger partial charge in [0.15, 0.2) is 0 Å². The number of benzene rings is 5. The Hall–Kier alpha value is -4.91. The summed E-state index contributed by atoms with van der Waals surface area (Å²) in [6.45, 7) is 7.91. The largest absolute Gasteiger partial charge is 0.394 e. The third-order valence-electron chi connectivity index (χ3n) is 10.7. The summed E-state index contributed by atoms with van der Waals surface area (Å²) in [5.74, 6) is 0. The van der Waals surface area contributed by atoms with Crippen molar-refractivity contribution in [3.05, 3.63) is 190 Å². The Morgan fingerprint density at radius 2 is 0.767 bits per heavy atom. The van der Waals surface area contributed by atoms with Gasteiger partial charge in [-0.05, 0) is 54.1 Å². The summed E-state index contributed by atoms with van der Waals surface area (Å²) in [7, 11) is 0. The smallest absolute Gasteiger partial charge is 0.115 e. The zero-order valence-corrected chi connectivity index (χ0v) is 34.6. The quantitative estimate of drug-likeness (QED) is 0.0558. The third kappa shape index (κ3) is 13.0. The van der Waals surface area contributed by atoms with Gasteiger partial charge in [-0.25, -0.2) is 0 Å². The zero-order valence-electron chi connectivity index (χ0n) is 34.6.